The van der Waals surface area contributed by atoms with Gasteiger partial charge in [-0.25, -0.2) is 8.42 Å². The van der Waals surface area contributed by atoms with Gasteiger partial charge >= 0.3 is 0 Å². The molecule has 2 rings (SSSR count). The van der Waals surface area contributed by atoms with E-state index in [0.717, 1.165) is 25.3 Å². The first kappa shape index (κ1) is 21.3. The minimum absolute atomic E-state index is 0. The Morgan fingerprint density at radius 2 is 2.13 bits per heavy atom. The van der Waals surface area contributed by atoms with Gasteiger partial charge in [0.15, 0.2) is 5.96 Å². The highest BCUT2D eigenvalue weighted by molar-refractivity contribution is 14.0. The topological polar surface area (TPSA) is 73.8 Å². The van der Waals surface area contributed by atoms with Crippen LogP contribution in [0.5, 0.6) is 0 Å². The summed E-state index contributed by atoms with van der Waals surface area (Å²) < 4.78 is 25.4. The molecule has 2 fully saturated rings. The Hall–Kier alpha value is 0.260. The first-order chi connectivity index (χ1) is 10.3. The first-order valence-electron chi connectivity index (χ1n) is 7.89. The molecule has 0 aromatic heterocycles. The SMILES string of the molecule is CN=C(NC[C@H]1CCCN1S(C)(=O)=O)NCC1(C)CCCS1.I. The second kappa shape index (κ2) is 9.10. The van der Waals surface area contributed by atoms with Crippen LogP contribution in [0.25, 0.3) is 0 Å². The van der Waals surface area contributed by atoms with Crippen LogP contribution in [0, 0.1) is 0 Å². The molecule has 6 nitrogen and oxygen atoms in total. The van der Waals surface area contributed by atoms with E-state index in [1.165, 1.54) is 24.9 Å². The number of nitrogens with zero attached hydrogens (tertiary/aromatic N) is 2. The van der Waals surface area contributed by atoms with Gasteiger partial charge in [0.1, 0.15) is 0 Å². The number of hydrogen-bond acceptors (Lipinski definition) is 4. The maximum absolute atomic E-state index is 11.7. The molecule has 0 saturated carbocycles. The summed E-state index contributed by atoms with van der Waals surface area (Å²) in [5, 5.41) is 6.66. The summed E-state index contributed by atoms with van der Waals surface area (Å²) in [5.74, 6) is 1.99. The summed E-state index contributed by atoms with van der Waals surface area (Å²) in [6.45, 7) is 4.41. The fourth-order valence-electron chi connectivity index (χ4n) is 3.13. The molecule has 23 heavy (non-hydrogen) atoms. The van der Waals surface area contributed by atoms with Crippen LogP contribution in [-0.2, 0) is 10.0 Å². The molecule has 2 heterocycles. The number of sulfonamides is 1. The lowest BCUT2D eigenvalue weighted by Crippen LogP contribution is -2.48. The smallest absolute Gasteiger partial charge is 0.211 e. The molecular formula is C14H29IN4O2S2. The maximum Gasteiger partial charge on any atom is 0.211 e. The van der Waals surface area contributed by atoms with Gasteiger partial charge in [0, 0.05) is 37.5 Å². The van der Waals surface area contributed by atoms with E-state index in [4.69, 9.17) is 0 Å². The van der Waals surface area contributed by atoms with Crippen molar-refractivity contribution in [2.75, 3.05) is 38.7 Å². The fourth-order valence-corrected chi connectivity index (χ4v) is 5.56. The minimum atomic E-state index is -3.11. The first-order valence-corrected chi connectivity index (χ1v) is 10.7. The van der Waals surface area contributed by atoms with Crippen molar-refractivity contribution in [3.8, 4) is 0 Å². The predicted octanol–water partition coefficient (Wildman–Crippen LogP) is 1.48. The monoisotopic (exact) mass is 476 g/mol. The molecule has 2 aliphatic rings. The van der Waals surface area contributed by atoms with Gasteiger partial charge in [0.25, 0.3) is 0 Å². The highest BCUT2D eigenvalue weighted by Crippen LogP contribution is 2.36. The Labute approximate surface area is 161 Å². The van der Waals surface area contributed by atoms with Crippen LogP contribution in [0.3, 0.4) is 0 Å². The lowest BCUT2D eigenvalue weighted by molar-refractivity contribution is 0.387. The van der Waals surface area contributed by atoms with Gasteiger partial charge in [0.2, 0.25) is 10.0 Å². The highest BCUT2D eigenvalue weighted by Gasteiger charge is 2.32. The zero-order chi connectivity index (χ0) is 16.2. The standard InChI is InChI=1S/C14H28N4O2S2.HI/c1-14(7-5-9-21-14)11-17-13(15-2)16-10-12-6-4-8-18(12)22(3,19)20;/h12H,4-11H2,1-3H3,(H2,15,16,17);1H/t12-,14?;/m1./s1. The minimum Gasteiger partial charge on any atom is -0.355 e. The van der Waals surface area contributed by atoms with E-state index in [1.54, 1.807) is 11.4 Å². The molecule has 0 aromatic carbocycles. The van der Waals surface area contributed by atoms with Crippen molar-refractivity contribution in [3.05, 3.63) is 0 Å². The number of guanidine groups is 1. The van der Waals surface area contributed by atoms with Crippen LogP contribution < -0.4 is 10.6 Å². The van der Waals surface area contributed by atoms with Crippen molar-refractivity contribution in [2.24, 2.45) is 4.99 Å². The lowest BCUT2D eigenvalue weighted by Gasteiger charge is -2.26. The van der Waals surface area contributed by atoms with Crippen molar-refractivity contribution < 1.29 is 8.42 Å². The summed E-state index contributed by atoms with van der Waals surface area (Å²) >= 11 is 2.01. The van der Waals surface area contributed by atoms with Crippen LogP contribution in [0.1, 0.15) is 32.6 Å². The lowest BCUT2D eigenvalue weighted by atomic mass is 10.1. The van der Waals surface area contributed by atoms with Crippen LogP contribution in [0.4, 0.5) is 0 Å². The summed E-state index contributed by atoms with van der Waals surface area (Å²) in [7, 11) is -1.36. The van der Waals surface area contributed by atoms with E-state index in [-0.39, 0.29) is 34.8 Å². The third kappa shape index (κ3) is 6.24. The summed E-state index contributed by atoms with van der Waals surface area (Å²) in [5.41, 5.74) is 0. The third-order valence-corrected chi connectivity index (χ3v) is 7.28. The van der Waals surface area contributed by atoms with Gasteiger partial charge in [-0.2, -0.15) is 16.1 Å². The van der Waals surface area contributed by atoms with Crippen molar-refractivity contribution in [3.63, 3.8) is 0 Å². The summed E-state index contributed by atoms with van der Waals surface area (Å²) in [6, 6.07) is 0.0324. The Balaban J connectivity index is 0.00000264. The second-order valence-corrected chi connectivity index (χ2v) is 10.00. The van der Waals surface area contributed by atoms with E-state index < -0.39 is 10.0 Å². The molecule has 2 atom stereocenters. The maximum atomic E-state index is 11.7. The third-order valence-electron chi connectivity index (χ3n) is 4.41. The molecule has 9 heteroatoms. The van der Waals surface area contributed by atoms with Gasteiger partial charge in [-0.15, -0.1) is 24.0 Å². The van der Waals surface area contributed by atoms with Crippen molar-refractivity contribution in [1.82, 2.24) is 14.9 Å². The molecule has 0 radical (unpaired) electrons. The molecule has 0 bridgehead atoms. The summed E-state index contributed by atoms with van der Waals surface area (Å²) in [6.07, 6.45) is 5.63. The molecule has 0 aromatic rings. The molecule has 0 spiro atoms. The molecule has 2 N–H and O–H groups in total. The van der Waals surface area contributed by atoms with Gasteiger partial charge in [-0.3, -0.25) is 4.99 Å². The van der Waals surface area contributed by atoms with Crippen molar-refractivity contribution in [1.29, 1.82) is 0 Å². The Morgan fingerprint density at radius 1 is 1.39 bits per heavy atom. The average Bonchev–Trinajstić information content (AvgIpc) is 3.08. The number of hydrogen-bond donors (Lipinski definition) is 2. The van der Waals surface area contributed by atoms with Gasteiger partial charge in [0.05, 0.1) is 6.26 Å². The molecule has 0 aliphatic carbocycles. The normalized spacial score (nSPS) is 29.3. The van der Waals surface area contributed by atoms with E-state index >= 15 is 0 Å². The fraction of sp³-hybridized carbons (Fsp3) is 0.929. The molecule has 136 valence electrons. The average molecular weight is 476 g/mol. The molecule has 2 aliphatic heterocycles. The van der Waals surface area contributed by atoms with Crippen molar-refractivity contribution >= 4 is 51.7 Å². The van der Waals surface area contributed by atoms with E-state index in [1.807, 2.05) is 11.8 Å². The van der Waals surface area contributed by atoms with E-state index in [9.17, 15) is 8.42 Å². The largest absolute Gasteiger partial charge is 0.355 e. The highest BCUT2D eigenvalue weighted by atomic mass is 127. The van der Waals surface area contributed by atoms with Crippen molar-refractivity contribution in [2.45, 2.75) is 43.4 Å². The molecular weight excluding hydrogens is 447 g/mol. The Kier molecular flexibility index (Phi) is 8.42. The quantitative estimate of drug-likeness (QED) is 0.357. The van der Waals surface area contributed by atoms with E-state index in [2.05, 4.69) is 22.5 Å². The number of aliphatic imine (C=N–C) groups is 1. The van der Waals surface area contributed by atoms with Crippen LogP contribution in [-0.4, -0.2) is 68.2 Å². The number of rotatable bonds is 5. The second-order valence-electron chi connectivity index (χ2n) is 6.38. The number of thioether (sulfide) groups is 1. The Bertz CT molecular complexity index is 507. The predicted molar refractivity (Wildman–Crippen MR) is 109 cm³/mol. The Morgan fingerprint density at radius 3 is 2.70 bits per heavy atom. The van der Waals surface area contributed by atoms with Gasteiger partial charge in [-0.05, 0) is 38.4 Å². The van der Waals surface area contributed by atoms with Crippen LogP contribution in [0.15, 0.2) is 4.99 Å². The van der Waals surface area contributed by atoms with Gasteiger partial charge < -0.3 is 10.6 Å². The molecule has 1 unspecified atom stereocenters. The molecule has 2 saturated heterocycles. The van der Waals surface area contributed by atoms with Crippen LogP contribution >= 0.6 is 35.7 Å². The zero-order valence-corrected chi connectivity index (χ0v) is 18.1. The molecule has 0 amide bonds. The van der Waals surface area contributed by atoms with E-state index in [0.29, 0.717) is 13.1 Å². The van der Waals surface area contributed by atoms with Crippen LogP contribution in [0.2, 0.25) is 0 Å². The summed E-state index contributed by atoms with van der Waals surface area (Å²) in [4.78, 5) is 4.25. The number of nitrogens with one attached hydrogen (secondary N) is 2. The van der Waals surface area contributed by atoms with Gasteiger partial charge in [-0.1, -0.05) is 0 Å². The zero-order valence-electron chi connectivity index (χ0n) is 14.2. The number of halogens is 1.